The Labute approximate surface area is 74.0 Å². The molecule has 0 aliphatic heterocycles. The van der Waals surface area contributed by atoms with Crippen LogP contribution in [0.3, 0.4) is 0 Å². The van der Waals surface area contributed by atoms with Crippen LogP contribution >= 0.6 is 11.6 Å². The second kappa shape index (κ2) is 4.36. The normalized spacial score (nSPS) is 14.8. The molecule has 0 atom stereocenters. The molecule has 0 fully saturated rings. The third kappa shape index (κ3) is 3.62. The maximum Gasteiger partial charge on any atom is 0.416 e. The van der Waals surface area contributed by atoms with E-state index in [9.17, 15) is 13.2 Å². The molecule has 0 bridgehead atoms. The first-order valence-corrected chi connectivity index (χ1v) is 3.52. The van der Waals surface area contributed by atoms with Crippen LogP contribution in [0.1, 0.15) is 6.92 Å². The topological polar surface area (TPSA) is 0 Å². The highest BCUT2D eigenvalue weighted by Gasteiger charge is 2.31. The van der Waals surface area contributed by atoms with E-state index in [2.05, 4.69) is 6.58 Å². The summed E-state index contributed by atoms with van der Waals surface area (Å²) in [4.78, 5) is 0. The second-order valence-corrected chi connectivity index (χ2v) is 2.41. The van der Waals surface area contributed by atoms with Crippen LogP contribution in [0.2, 0.25) is 0 Å². The monoisotopic (exact) mass is 196 g/mol. The molecule has 0 saturated carbocycles. The number of allylic oxidation sites excluding steroid dienone is 5. The Morgan fingerprint density at radius 3 is 2.17 bits per heavy atom. The van der Waals surface area contributed by atoms with E-state index < -0.39 is 11.7 Å². The first kappa shape index (κ1) is 11.3. The minimum Gasteiger partial charge on any atom is -0.166 e. The van der Waals surface area contributed by atoms with Crippen molar-refractivity contribution in [3.63, 3.8) is 0 Å². The number of halogens is 4. The largest absolute Gasteiger partial charge is 0.416 e. The fourth-order valence-corrected chi connectivity index (χ4v) is 0.606. The Morgan fingerprint density at radius 2 is 1.92 bits per heavy atom. The van der Waals surface area contributed by atoms with E-state index in [0.717, 1.165) is 12.2 Å². The minimum absolute atomic E-state index is 0.0437. The molecular formula is C8H8ClF3. The minimum atomic E-state index is -4.38. The third-order valence-electron chi connectivity index (χ3n) is 1.12. The zero-order valence-corrected chi connectivity index (χ0v) is 7.21. The van der Waals surface area contributed by atoms with Gasteiger partial charge in [0.25, 0.3) is 0 Å². The van der Waals surface area contributed by atoms with Crippen LogP contribution in [0, 0.1) is 0 Å². The summed E-state index contributed by atoms with van der Waals surface area (Å²) in [6, 6.07) is 0. The van der Waals surface area contributed by atoms with Crippen LogP contribution in [0.15, 0.2) is 35.4 Å². The summed E-state index contributed by atoms with van der Waals surface area (Å²) in [6.45, 7) is 4.59. The quantitative estimate of drug-likeness (QED) is 0.590. The number of alkyl halides is 3. The Bertz CT molecular complexity index is 223. The maximum atomic E-state index is 12.0. The Balaban J connectivity index is 4.80. The van der Waals surface area contributed by atoms with Crippen LogP contribution in [0.25, 0.3) is 0 Å². The smallest absolute Gasteiger partial charge is 0.166 e. The molecule has 0 aromatic carbocycles. The molecule has 4 heteroatoms. The summed E-state index contributed by atoms with van der Waals surface area (Å²) in [5, 5.41) is 0.0437. The Kier molecular flexibility index (Phi) is 4.10. The van der Waals surface area contributed by atoms with Crippen molar-refractivity contribution in [3.05, 3.63) is 35.4 Å². The molecule has 0 aromatic heterocycles. The molecule has 0 unspecified atom stereocenters. The average molecular weight is 197 g/mol. The molecule has 0 aromatic rings. The van der Waals surface area contributed by atoms with Gasteiger partial charge in [-0.3, -0.25) is 0 Å². The lowest BCUT2D eigenvalue weighted by Crippen LogP contribution is -2.09. The molecule has 0 aliphatic carbocycles. The van der Waals surface area contributed by atoms with E-state index in [-0.39, 0.29) is 5.03 Å². The summed E-state index contributed by atoms with van der Waals surface area (Å²) in [7, 11) is 0. The summed E-state index contributed by atoms with van der Waals surface area (Å²) < 4.78 is 36.0. The summed E-state index contributed by atoms with van der Waals surface area (Å²) in [5.74, 6) is 0. The molecule has 0 nitrogen and oxygen atoms in total. The van der Waals surface area contributed by atoms with Gasteiger partial charge in [0.2, 0.25) is 0 Å². The molecule has 0 amide bonds. The molecule has 0 N–H and O–H groups in total. The van der Waals surface area contributed by atoms with Crippen molar-refractivity contribution in [2.75, 3.05) is 0 Å². The van der Waals surface area contributed by atoms with Gasteiger partial charge in [-0.05, 0) is 13.0 Å². The van der Waals surface area contributed by atoms with Gasteiger partial charge in [-0.1, -0.05) is 30.3 Å². The zero-order valence-electron chi connectivity index (χ0n) is 6.45. The van der Waals surface area contributed by atoms with Crippen LogP contribution in [-0.4, -0.2) is 6.18 Å². The van der Waals surface area contributed by atoms with Crippen LogP contribution in [0.5, 0.6) is 0 Å². The van der Waals surface area contributed by atoms with Crippen molar-refractivity contribution >= 4 is 11.6 Å². The molecule has 12 heavy (non-hydrogen) atoms. The van der Waals surface area contributed by atoms with Gasteiger partial charge in [0, 0.05) is 5.03 Å². The van der Waals surface area contributed by atoms with Crippen molar-refractivity contribution in [3.8, 4) is 0 Å². The zero-order chi connectivity index (χ0) is 9.78. The van der Waals surface area contributed by atoms with Crippen LogP contribution < -0.4 is 0 Å². The summed E-state index contributed by atoms with van der Waals surface area (Å²) in [6.07, 6.45) is -1.46. The average Bonchev–Trinajstić information content (AvgIpc) is 1.97. The standard InChI is InChI=1S/C8H8ClF3/c1-3-6(8(10,11)12)5-7(9)4-2/h3-5H,1H2,2H3/b6-5+,7-4+. The van der Waals surface area contributed by atoms with Gasteiger partial charge in [0.15, 0.2) is 0 Å². The lowest BCUT2D eigenvalue weighted by molar-refractivity contribution is -0.0881. The predicted octanol–water partition coefficient (Wildman–Crippen LogP) is 3.80. The Hall–Kier alpha value is -0.700. The maximum absolute atomic E-state index is 12.0. The van der Waals surface area contributed by atoms with Crippen molar-refractivity contribution in [1.29, 1.82) is 0 Å². The highest BCUT2D eigenvalue weighted by atomic mass is 35.5. The van der Waals surface area contributed by atoms with Gasteiger partial charge in [-0.25, -0.2) is 0 Å². The highest BCUT2D eigenvalue weighted by Crippen LogP contribution is 2.27. The molecule has 0 aliphatic rings. The van der Waals surface area contributed by atoms with Gasteiger partial charge in [0.1, 0.15) is 0 Å². The predicted molar refractivity (Wildman–Crippen MR) is 43.9 cm³/mol. The first-order valence-electron chi connectivity index (χ1n) is 3.15. The van der Waals surface area contributed by atoms with E-state index in [4.69, 9.17) is 11.6 Å². The second-order valence-electron chi connectivity index (χ2n) is 1.98. The molecule has 68 valence electrons. The summed E-state index contributed by atoms with van der Waals surface area (Å²) >= 11 is 5.38. The number of rotatable bonds is 2. The van der Waals surface area contributed by atoms with Gasteiger partial charge in [0.05, 0.1) is 5.57 Å². The van der Waals surface area contributed by atoms with E-state index >= 15 is 0 Å². The lowest BCUT2D eigenvalue weighted by atomic mass is 10.2. The molecule has 0 heterocycles. The molecule has 0 rings (SSSR count). The third-order valence-corrected chi connectivity index (χ3v) is 1.44. The SMILES string of the molecule is C=C/C(=C\C(Cl)=C/C)C(F)(F)F. The molecule has 0 spiro atoms. The van der Waals surface area contributed by atoms with Crippen molar-refractivity contribution in [2.45, 2.75) is 13.1 Å². The van der Waals surface area contributed by atoms with Gasteiger partial charge >= 0.3 is 6.18 Å². The first-order chi connectivity index (χ1) is 5.41. The van der Waals surface area contributed by atoms with Crippen molar-refractivity contribution in [2.24, 2.45) is 0 Å². The van der Waals surface area contributed by atoms with E-state index in [1.807, 2.05) is 0 Å². The van der Waals surface area contributed by atoms with Crippen LogP contribution in [0.4, 0.5) is 13.2 Å². The van der Waals surface area contributed by atoms with Gasteiger partial charge in [-0.15, -0.1) is 0 Å². The number of hydrogen-bond donors (Lipinski definition) is 0. The van der Waals surface area contributed by atoms with E-state index in [1.165, 1.54) is 6.08 Å². The Morgan fingerprint density at radius 1 is 1.42 bits per heavy atom. The molecular weight excluding hydrogens is 189 g/mol. The van der Waals surface area contributed by atoms with E-state index in [0.29, 0.717) is 0 Å². The fraction of sp³-hybridized carbons (Fsp3) is 0.250. The van der Waals surface area contributed by atoms with Gasteiger partial charge < -0.3 is 0 Å². The van der Waals surface area contributed by atoms with Gasteiger partial charge in [-0.2, -0.15) is 13.2 Å². The summed E-state index contributed by atoms with van der Waals surface area (Å²) in [5.41, 5.74) is -0.842. The molecule has 0 radical (unpaired) electrons. The van der Waals surface area contributed by atoms with Crippen molar-refractivity contribution in [1.82, 2.24) is 0 Å². The van der Waals surface area contributed by atoms with Crippen molar-refractivity contribution < 1.29 is 13.2 Å². The van der Waals surface area contributed by atoms with E-state index in [1.54, 1.807) is 6.92 Å². The molecule has 0 saturated heterocycles. The fourth-order valence-electron chi connectivity index (χ4n) is 0.488. The number of hydrogen-bond acceptors (Lipinski definition) is 0. The van der Waals surface area contributed by atoms with Crippen LogP contribution in [-0.2, 0) is 0 Å². The lowest BCUT2D eigenvalue weighted by Gasteiger charge is -2.05. The highest BCUT2D eigenvalue weighted by molar-refractivity contribution is 6.31.